The molecule has 3 rings (SSSR count). The SMILES string of the molecule is Cl.O=C(Nc1cnc2c(c1)CNCC2)c1cccc(C(F)(F)F)c1F. The molecule has 2 heterocycles. The van der Waals surface area contributed by atoms with Gasteiger partial charge in [-0.2, -0.15) is 13.2 Å². The molecular weight excluding hydrogens is 362 g/mol. The minimum absolute atomic E-state index is 0. The summed E-state index contributed by atoms with van der Waals surface area (Å²) in [4.78, 5) is 16.3. The van der Waals surface area contributed by atoms with Crippen LogP contribution in [0.25, 0.3) is 0 Å². The molecule has 2 aromatic rings. The molecule has 0 atom stereocenters. The first-order valence-electron chi connectivity index (χ1n) is 7.22. The zero-order valence-electron chi connectivity index (χ0n) is 12.8. The summed E-state index contributed by atoms with van der Waals surface area (Å²) >= 11 is 0. The molecule has 0 radical (unpaired) electrons. The Kier molecular flexibility index (Phi) is 5.64. The molecule has 0 saturated heterocycles. The monoisotopic (exact) mass is 375 g/mol. The van der Waals surface area contributed by atoms with Gasteiger partial charge in [0.15, 0.2) is 0 Å². The summed E-state index contributed by atoms with van der Waals surface area (Å²) in [5.41, 5.74) is -0.0385. The Labute approximate surface area is 147 Å². The Morgan fingerprint density at radius 3 is 2.76 bits per heavy atom. The van der Waals surface area contributed by atoms with Crippen LogP contribution >= 0.6 is 12.4 Å². The molecule has 1 amide bonds. The van der Waals surface area contributed by atoms with Gasteiger partial charge in [-0.25, -0.2) is 4.39 Å². The summed E-state index contributed by atoms with van der Waals surface area (Å²) in [5.74, 6) is -2.54. The topological polar surface area (TPSA) is 54.0 Å². The number of aromatic nitrogens is 1. The van der Waals surface area contributed by atoms with Crippen LogP contribution in [-0.4, -0.2) is 17.4 Å². The molecule has 0 unspecified atom stereocenters. The van der Waals surface area contributed by atoms with Crippen molar-refractivity contribution in [3.63, 3.8) is 0 Å². The highest BCUT2D eigenvalue weighted by molar-refractivity contribution is 6.04. The largest absolute Gasteiger partial charge is 0.419 e. The fourth-order valence-corrected chi connectivity index (χ4v) is 2.54. The van der Waals surface area contributed by atoms with E-state index in [4.69, 9.17) is 0 Å². The lowest BCUT2D eigenvalue weighted by Gasteiger charge is -2.17. The van der Waals surface area contributed by atoms with E-state index in [-0.39, 0.29) is 12.4 Å². The second kappa shape index (κ2) is 7.37. The van der Waals surface area contributed by atoms with Crippen LogP contribution in [0.1, 0.15) is 27.2 Å². The normalized spacial score (nSPS) is 13.6. The first kappa shape index (κ1) is 19.1. The third-order valence-electron chi connectivity index (χ3n) is 3.72. The number of fused-ring (bicyclic) bond motifs is 1. The molecule has 1 aromatic carbocycles. The number of benzene rings is 1. The Hall–Kier alpha value is -2.19. The van der Waals surface area contributed by atoms with Crippen LogP contribution in [-0.2, 0) is 19.1 Å². The molecule has 0 spiro atoms. The van der Waals surface area contributed by atoms with Crippen molar-refractivity contribution in [1.29, 1.82) is 0 Å². The van der Waals surface area contributed by atoms with Gasteiger partial charge in [-0.3, -0.25) is 9.78 Å². The summed E-state index contributed by atoms with van der Waals surface area (Å²) in [6.45, 7) is 1.39. The molecule has 4 nitrogen and oxygen atoms in total. The van der Waals surface area contributed by atoms with E-state index in [0.717, 1.165) is 36.4 Å². The zero-order valence-corrected chi connectivity index (χ0v) is 13.6. The lowest BCUT2D eigenvalue weighted by molar-refractivity contribution is -0.140. The Morgan fingerprint density at radius 1 is 1.28 bits per heavy atom. The number of hydrogen-bond donors (Lipinski definition) is 2. The van der Waals surface area contributed by atoms with E-state index in [2.05, 4.69) is 15.6 Å². The first-order valence-corrected chi connectivity index (χ1v) is 7.22. The van der Waals surface area contributed by atoms with E-state index in [9.17, 15) is 22.4 Å². The minimum atomic E-state index is -4.86. The van der Waals surface area contributed by atoms with Gasteiger partial charge >= 0.3 is 6.18 Å². The maximum Gasteiger partial charge on any atom is 0.419 e. The van der Waals surface area contributed by atoms with Crippen molar-refractivity contribution >= 4 is 24.0 Å². The first-order chi connectivity index (χ1) is 11.4. The van der Waals surface area contributed by atoms with Gasteiger partial charge in [-0.05, 0) is 23.8 Å². The number of hydrogen-bond acceptors (Lipinski definition) is 3. The number of nitrogens with zero attached hydrogens (tertiary/aromatic N) is 1. The third-order valence-corrected chi connectivity index (χ3v) is 3.72. The third kappa shape index (κ3) is 4.08. The lowest BCUT2D eigenvalue weighted by Crippen LogP contribution is -2.25. The number of alkyl halides is 3. The number of pyridine rings is 1. The number of halogens is 5. The Bertz CT molecular complexity index is 795. The summed E-state index contributed by atoms with van der Waals surface area (Å²) in [6, 6.07) is 4.28. The summed E-state index contributed by atoms with van der Waals surface area (Å²) in [7, 11) is 0. The number of rotatable bonds is 2. The highest BCUT2D eigenvalue weighted by atomic mass is 35.5. The Balaban J connectivity index is 0.00000225. The van der Waals surface area contributed by atoms with E-state index in [1.54, 1.807) is 6.07 Å². The quantitative estimate of drug-likeness (QED) is 0.789. The van der Waals surface area contributed by atoms with Gasteiger partial charge in [0.05, 0.1) is 23.0 Å². The number of carbonyl (C=O) groups is 1. The van der Waals surface area contributed by atoms with Gasteiger partial charge in [-0.1, -0.05) is 6.07 Å². The molecule has 25 heavy (non-hydrogen) atoms. The molecule has 1 aliphatic heterocycles. The average Bonchev–Trinajstić information content (AvgIpc) is 2.53. The second-order valence-electron chi connectivity index (χ2n) is 5.38. The predicted octanol–water partition coefficient (Wildman–Crippen LogP) is 3.56. The maximum absolute atomic E-state index is 14.0. The van der Waals surface area contributed by atoms with Gasteiger partial charge < -0.3 is 10.6 Å². The van der Waals surface area contributed by atoms with Crippen molar-refractivity contribution in [1.82, 2.24) is 10.3 Å². The fraction of sp³-hybridized carbons (Fsp3) is 0.250. The van der Waals surface area contributed by atoms with Crippen LogP contribution in [0.4, 0.5) is 23.2 Å². The summed E-state index contributed by atoms with van der Waals surface area (Å²) < 4.78 is 52.1. The highest BCUT2D eigenvalue weighted by Gasteiger charge is 2.35. The average molecular weight is 376 g/mol. The number of amides is 1. The number of carbonyl (C=O) groups excluding carboxylic acids is 1. The zero-order chi connectivity index (χ0) is 17.3. The Morgan fingerprint density at radius 2 is 2.04 bits per heavy atom. The highest BCUT2D eigenvalue weighted by Crippen LogP contribution is 2.32. The van der Waals surface area contributed by atoms with Crippen LogP contribution in [0, 0.1) is 5.82 Å². The molecule has 134 valence electrons. The van der Waals surface area contributed by atoms with Crippen LogP contribution in [0.2, 0.25) is 0 Å². The van der Waals surface area contributed by atoms with Crippen molar-refractivity contribution < 1.29 is 22.4 Å². The number of nitrogens with one attached hydrogen (secondary N) is 2. The molecule has 0 saturated carbocycles. The van der Waals surface area contributed by atoms with E-state index >= 15 is 0 Å². The van der Waals surface area contributed by atoms with Crippen LogP contribution < -0.4 is 10.6 Å². The maximum atomic E-state index is 14.0. The van der Waals surface area contributed by atoms with Gasteiger partial charge in [0.25, 0.3) is 5.91 Å². The van der Waals surface area contributed by atoms with Crippen molar-refractivity contribution in [3.05, 3.63) is 58.7 Å². The standard InChI is InChI=1S/C16H13F4N3O.ClH/c17-14-11(2-1-3-12(14)16(18,19)20)15(24)23-10-6-9-7-21-5-4-13(9)22-8-10;/h1-3,6,8,21H,4-5,7H2,(H,23,24);1H. The molecule has 0 aliphatic carbocycles. The van der Waals surface area contributed by atoms with Crippen LogP contribution in [0.3, 0.4) is 0 Å². The molecule has 0 bridgehead atoms. The van der Waals surface area contributed by atoms with Crippen LogP contribution in [0.15, 0.2) is 30.5 Å². The molecular formula is C16H14ClF4N3O. The van der Waals surface area contributed by atoms with E-state index in [1.807, 2.05) is 0 Å². The molecule has 0 fully saturated rings. The minimum Gasteiger partial charge on any atom is -0.320 e. The molecule has 2 N–H and O–H groups in total. The van der Waals surface area contributed by atoms with Gasteiger partial charge in [0.2, 0.25) is 0 Å². The summed E-state index contributed by atoms with van der Waals surface area (Å²) in [6.07, 6.45) is -2.70. The molecule has 1 aliphatic rings. The number of anilines is 1. The van der Waals surface area contributed by atoms with Gasteiger partial charge in [0, 0.05) is 25.2 Å². The molecule has 1 aromatic heterocycles. The smallest absolute Gasteiger partial charge is 0.320 e. The van der Waals surface area contributed by atoms with E-state index in [1.165, 1.54) is 6.20 Å². The van der Waals surface area contributed by atoms with Crippen molar-refractivity contribution in [3.8, 4) is 0 Å². The predicted molar refractivity (Wildman–Crippen MR) is 86.3 cm³/mol. The fourth-order valence-electron chi connectivity index (χ4n) is 2.54. The van der Waals surface area contributed by atoms with Crippen LogP contribution in [0.5, 0.6) is 0 Å². The second-order valence-corrected chi connectivity index (χ2v) is 5.38. The summed E-state index contributed by atoms with van der Waals surface area (Å²) in [5, 5.41) is 5.54. The molecule has 9 heteroatoms. The van der Waals surface area contributed by atoms with E-state index in [0.29, 0.717) is 18.3 Å². The van der Waals surface area contributed by atoms with Crippen molar-refractivity contribution in [2.75, 3.05) is 11.9 Å². The van der Waals surface area contributed by atoms with E-state index < -0.39 is 29.0 Å². The van der Waals surface area contributed by atoms with Crippen molar-refractivity contribution in [2.45, 2.75) is 19.1 Å². The van der Waals surface area contributed by atoms with Crippen molar-refractivity contribution in [2.24, 2.45) is 0 Å². The van der Waals surface area contributed by atoms with Gasteiger partial charge in [0.1, 0.15) is 5.82 Å². The van der Waals surface area contributed by atoms with Gasteiger partial charge in [-0.15, -0.1) is 12.4 Å². The lowest BCUT2D eigenvalue weighted by atomic mass is 10.1.